The zero-order valence-electron chi connectivity index (χ0n) is 21.5. The molecule has 0 saturated carbocycles. The number of halogens is 1. The third-order valence-electron chi connectivity index (χ3n) is 5.96. The molecule has 2 N–H and O–H groups in total. The van der Waals surface area contributed by atoms with E-state index in [0.717, 1.165) is 5.56 Å². The lowest BCUT2D eigenvalue weighted by atomic mass is 9.94. The summed E-state index contributed by atoms with van der Waals surface area (Å²) >= 11 is 6.07. The third kappa shape index (κ3) is 6.79. The van der Waals surface area contributed by atoms with Gasteiger partial charge >= 0.3 is 18.0 Å². The monoisotopic (exact) mass is 517 g/mol. The first-order valence-electron chi connectivity index (χ1n) is 12.2. The number of rotatable bonds is 7. The molecule has 9 nitrogen and oxygen atoms in total. The van der Waals surface area contributed by atoms with Crippen molar-refractivity contribution < 1.29 is 19.1 Å². The van der Waals surface area contributed by atoms with Gasteiger partial charge in [-0.3, -0.25) is 9.80 Å². The number of nitrogens with one attached hydrogen (secondary N) is 2. The van der Waals surface area contributed by atoms with Gasteiger partial charge in [0.1, 0.15) is 0 Å². The second kappa shape index (κ2) is 11.8. The molecular formula is C26H36ClN5O4. The summed E-state index contributed by atoms with van der Waals surface area (Å²) in [6.45, 7) is 14.5. The van der Waals surface area contributed by atoms with Crippen molar-refractivity contribution in [2.45, 2.75) is 39.3 Å². The highest BCUT2D eigenvalue weighted by Crippen LogP contribution is 2.33. The molecule has 2 heterocycles. The average molecular weight is 518 g/mol. The van der Waals surface area contributed by atoms with Gasteiger partial charge in [-0.05, 0) is 45.4 Å². The zero-order chi connectivity index (χ0) is 26.5. The number of carbonyl (C=O) groups excluding carboxylic acids is 3. The minimum Gasteiger partial charge on any atom is -0.463 e. The lowest BCUT2D eigenvalue weighted by Crippen LogP contribution is -2.56. The molecule has 1 fully saturated rings. The van der Waals surface area contributed by atoms with E-state index < -0.39 is 12.0 Å². The molecule has 2 aliphatic rings. The molecule has 1 saturated heterocycles. The molecule has 0 aromatic heterocycles. The largest absolute Gasteiger partial charge is 0.463 e. The summed E-state index contributed by atoms with van der Waals surface area (Å²) in [5.41, 5.74) is 1.37. The van der Waals surface area contributed by atoms with E-state index in [1.165, 1.54) is 4.90 Å². The van der Waals surface area contributed by atoms with Crippen LogP contribution in [0.3, 0.4) is 0 Å². The zero-order valence-corrected chi connectivity index (χ0v) is 22.2. The Hall–Kier alpha value is -3.04. The number of esters is 1. The van der Waals surface area contributed by atoms with Gasteiger partial charge < -0.3 is 20.3 Å². The van der Waals surface area contributed by atoms with E-state index >= 15 is 0 Å². The minimum atomic E-state index is -0.677. The molecule has 2 aliphatic heterocycles. The molecule has 0 radical (unpaired) electrons. The van der Waals surface area contributed by atoms with E-state index in [1.54, 1.807) is 42.2 Å². The first kappa shape index (κ1) is 27.5. The number of carbonyl (C=O) groups is 3. The van der Waals surface area contributed by atoms with Crippen LogP contribution in [-0.4, -0.2) is 84.1 Å². The molecule has 196 valence electrons. The number of hydrogen-bond donors (Lipinski definition) is 2. The number of hydrogen-bond acceptors (Lipinski definition) is 5. The molecule has 4 amide bonds. The van der Waals surface area contributed by atoms with Crippen molar-refractivity contribution in [1.29, 1.82) is 0 Å². The van der Waals surface area contributed by atoms with Gasteiger partial charge in [-0.15, -0.1) is 6.58 Å². The van der Waals surface area contributed by atoms with E-state index in [1.807, 2.05) is 20.8 Å². The summed E-state index contributed by atoms with van der Waals surface area (Å²) in [5.74, 6) is -0.482. The van der Waals surface area contributed by atoms with Crippen molar-refractivity contribution in [3.63, 3.8) is 0 Å². The van der Waals surface area contributed by atoms with Crippen LogP contribution in [0, 0.1) is 0 Å². The maximum atomic E-state index is 13.2. The summed E-state index contributed by atoms with van der Waals surface area (Å²) in [6.07, 6.45) is 1.62. The Morgan fingerprint density at radius 2 is 1.83 bits per heavy atom. The number of benzene rings is 1. The fraction of sp³-hybridized carbons (Fsp3) is 0.500. The molecule has 10 heteroatoms. The number of nitrogens with zero attached hydrogens (tertiary/aromatic N) is 3. The fourth-order valence-electron chi connectivity index (χ4n) is 4.27. The second-order valence-electron chi connectivity index (χ2n) is 9.86. The van der Waals surface area contributed by atoms with E-state index in [4.69, 9.17) is 16.3 Å². The summed E-state index contributed by atoms with van der Waals surface area (Å²) in [7, 11) is 0. The first-order valence-corrected chi connectivity index (χ1v) is 12.6. The molecule has 3 rings (SSSR count). The highest BCUT2D eigenvalue weighted by Gasteiger charge is 2.39. The molecule has 1 atom stereocenters. The van der Waals surface area contributed by atoms with E-state index in [2.05, 4.69) is 22.1 Å². The Bertz CT molecular complexity index is 1010. The maximum Gasteiger partial charge on any atom is 0.338 e. The lowest BCUT2D eigenvalue weighted by Gasteiger charge is -2.40. The first-order chi connectivity index (χ1) is 17.0. The minimum absolute atomic E-state index is 0.0956. The van der Waals surface area contributed by atoms with Crippen LogP contribution >= 0.6 is 11.6 Å². The Morgan fingerprint density at radius 3 is 2.39 bits per heavy atom. The maximum absolute atomic E-state index is 13.2. The molecule has 0 bridgehead atoms. The predicted molar refractivity (Wildman–Crippen MR) is 140 cm³/mol. The lowest BCUT2D eigenvalue weighted by molar-refractivity contribution is -0.139. The summed E-state index contributed by atoms with van der Waals surface area (Å²) in [4.78, 5) is 44.4. The van der Waals surface area contributed by atoms with Crippen LogP contribution < -0.4 is 10.6 Å². The Labute approximate surface area is 218 Å². The van der Waals surface area contributed by atoms with Crippen molar-refractivity contribution in [2.24, 2.45) is 0 Å². The van der Waals surface area contributed by atoms with Crippen LogP contribution in [0.2, 0.25) is 5.02 Å². The molecular weight excluding hydrogens is 482 g/mol. The number of piperazine rings is 1. The topological polar surface area (TPSA) is 94.2 Å². The van der Waals surface area contributed by atoms with Crippen LogP contribution in [-0.2, 0) is 9.53 Å². The SMILES string of the molecule is C=CCN1C(=O)NC(c2ccc(Cl)cc2)C(C(=O)OCC)=C1CN1CCN(C(=O)NC(C)(C)C)CC1. The smallest absolute Gasteiger partial charge is 0.338 e. The van der Waals surface area contributed by atoms with Crippen LogP contribution in [0.4, 0.5) is 9.59 Å². The molecule has 36 heavy (non-hydrogen) atoms. The van der Waals surface area contributed by atoms with Crippen LogP contribution in [0.15, 0.2) is 48.2 Å². The van der Waals surface area contributed by atoms with Crippen LogP contribution in [0.1, 0.15) is 39.3 Å². The fourth-order valence-corrected chi connectivity index (χ4v) is 4.40. The van der Waals surface area contributed by atoms with Gasteiger partial charge in [0, 0.05) is 55.5 Å². The van der Waals surface area contributed by atoms with Crippen molar-refractivity contribution in [3.8, 4) is 0 Å². The number of ether oxygens (including phenoxy) is 1. The summed E-state index contributed by atoms with van der Waals surface area (Å²) in [6, 6.07) is 5.94. The Kier molecular flexibility index (Phi) is 9.03. The van der Waals surface area contributed by atoms with E-state index in [9.17, 15) is 14.4 Å². The molecule has 1 unspecified atom stereocenters. The van der Waals surface area contributed by atoms with Gasteiger partial charge in [-0.25, -0.2) is 14.4 Å². The van der Waals surface area contributed by atoms with Gasteiger partial charge in [-0.1, -0.05) is 29.8 Å². The average Bonchev–Trinajstić information content (AvgIpc) is 2.81. The van der Waals surface area contributed by atoms with E-state index in [-0.39, 0.29) is 30.8 Å². The molecule has 0 spiro atoms. The van der Waals surface area contributed by atoms with Gasteiger partial charge in [-0.2, -0.15) is 0 Å². The third-order valence-corrected chi connectivity index (χ3v) is 6.22. The molecule has 1 aromatic rings. The number of urea groups is 2. The molecule has 0 aliphatic carbocycles. The van der Waals surface area contributed by atoms with Crippen LogP contribution in [0.5, 0.6) is 0 Å². The highest BCUT2D eigenvalue weighted by atomic mass is 35.5. The van der Waals surface area contributed by atoms with Gasteiger partial charge in [0.25, 0.3) is 0 Å². The van der Waals surface area contributed by atoms with Crippen molar-refractivity contribution in [3.05, 3.63) is 58.8 Å². The number of amides is 4. The Morgan fingerprint density at radius 1 is 1.19 bits per heavy atom. The highest BCUT2D eigenvalue weighted by molar-refractivity contribution is 6.30. The summed E-state index contributed by atoms with van der Waals surface area (Å²) < 4.78 is 5.43. The second-order valence-corrected chi connectivity index (χ2v) is 10.3. The molecule has 1 aromatic carbocycles. The normalized spacial score (nSPS) is 19.1. The van der Waals surface area contributed by atoms with Crippen molar-refractivity contribution in [2.75, 3.05) is 45.9 Å². The standard InChI is InChI=1S/C26H36ClN5O4/c1-6-12-32-20(17-30-13-15-31(16-14-30)25(35)29-26(3,4)5)21(23(33)36-7-2)22(28-24(32)34)18-8-10-19(27)11-9-18/h6,8-11,22H,1,7,12-17H2,2-5H3,(H,28,34)(H,29,35). The van der Waals surface area contributed by atoms with Gasteiger partial charge in [0.05, 0.1) is 18.2 Å². The van der Waals surface area contributed by atoms with Gasteiger partial charge in [0.2, 0.25) is 0 Å². The van der Waals surface area contributed by atoms with Crippen molar-refractivity contribution in [1.82, 2.24) is 25.3 Å². The summed E-state index contributed by atoms with van der Waals surface area (Å²) in [5, 5.41) is 6.50. The van der Waals surface area contributed by atoms with E-state index in [0.29, 0.717) is 49.0 Å². The van der Waals surface area contributed by atoms with Crippen molar-refractivity contribution >= 4 is 29.6 Å². The quantitative estimate of drug-likeness (QED) is 0.426. The van der Waals surface area contributed by atoms with Crippen LogP contribution in [0.25, 0.3) is 0 Å². The predicted octanol–water partition coefficient (Wildman–Crippen LogP) is 3.54. The Balaban J connectivity index is 1.91. The van der Waals surface area contributed by atoms with Gasteiger partial charge in [0.15, 0.2) is 0 Å².